The van der Waals surface area contributed by atoms with Crippen LogP contribution >= 0.6 is 0 Å². The number of rotatable bonds is 1. The Balaban J connectivity index is 0.000000417. The van der Waals surface area contributed by atoms with Crippen LogP contribution in [0.4, 0.5) is 0 Å². The van der Waals surface area contributed by atoms with Gasteiger partial charge in [-0.1, -0.05) is 42.4 Å². The van der Waals surface area contributed by atoms with Crippen molar-refractivity contribution < 1.29 is 18.8 Å². The van der Waals surface area contributed by atoms with Gasteiger partial charge in [0.1, 0.15) is 11.5 Å². The SMILES string of the molecule is C.COC(C)=O.Cc1nc(-c2ccc3c(c2)Oc2ccccc2C3=C2CC3CCC(C2)N3)no1. The number of methoxy groups -OCH3 is 1. The minimum absolute atomic E-state index is 0. The van der Waals surface area contributed by atoms with E-state index in [1.165, 1.54) is 43.6 Å². The summed E-state index contributed by atoms with van der Waals surface area (Å²) in [7, 11) is 1.35. The molecule has 0 aliphatic carbocycles. The van der Waals surface area contributed by atoms with E-state index in [0.717, 1.165) is 29.9 Å². The summed E-state index contributed by atoms with van der Waals surface area (Å²) < 4.78 is 15.6. The van der Waals surface area contributed by atoms with E-state index < -0.39 is 0 Å². The molecule has 7 nitrogen and oxygen atoms in total. The Labute approximate surface area is 200 Å². The molecule has 0 spiro atoms. The number of aryl methyl sites for hydroxylation is 1. The first-order valence-electron chi connectivity index (χ1n) is 11.3. The van der Waals surface area contributed by atoms with E-state index in [9.17, 15) is 4.79 Å². The lowest BCUT2D eigenvalue weighted by atomic mass is 9.84. The first-order chi connectivity index (χ1) is 16.0. The second kappa shape index (κ2) is 9.81. The number of carbonyl (C=O) groups is 1. The highest BCUT2D eigenvalue weighted by atomic mass is 16.5. The van der Waals surface area contributed by atoms with Crippen molar-refractivity contribution in [1.82, 2.24) is 15.5 Å². The average molecular weight is 462 g/mol. The lowest BCUT2D eigenvalue weighted by Gasteiger charge is -2.30. The molecule has 2 fully saturated rings. The molecule has 2 unspecified atom stereocenters. The van der Waals surface area contributed by atoms with Crippen LogP contribution in [0.3, 0.4) is 0 Å². The Bertz CT molecular complexity index is 1220. The van der Waals surface area contributed by atoms with Crippen molar-refractivity contribution in [3.63, 3.8) is 0 Å². The molecule has 7 heteroatoms. The zero-order chi connectivity index (χ0) is 22.9. The van der Waals surface area contributed by atoms with E-state index in [1.54, 1.807) is 12.5 Å². The standard InChI is InChI=1S/C23H21N3O2.C3H6O2.CH4/c1-13-24-23(26-28-13)14-6-9-19-21(12-14)27-20-5-3-2-4-18(20)22(19)15-10-16-7-8-17(11-15)25-16;1-3(4)5-2;/h2-6,9,12,16-17,25H,7-8,10-11H2,1H3;1-2H3;1H4. The highest BCUT2D eigenvalue weighted by molar-refractivity contribution is 5.90. The lowest BCUT2D eigenvalue weighted by Crippen LogP contribution is -2.35. The molecule has 2 atom stereocenters. The predicted molar refractivity (Wildman–Crippen MR) is 131 cm³/mol. The van der Waals surface area contributed by atoms with E-state index >= 15 is 0 Å². The first kappa shape index (κ1) is 23.7. The van der Waals surface area contributed by atoms with Crippen LogP contribution in [-0.2, 0) is 9.53 Å². The molecule has 34 heavy (non-hydrogen) atoms. The van der Waals surface area contributed by atoms with Gasteiger partial charge in [-0.25, -0.2) is 0 Å². The normalized spacial score (nSPS) is 19.6. The first-order valence-corrected chi connectivity index (χ1v) is 11.3. The van der Waals surface area contributed by atoms with Crippen molar-refractivity contribution in [2.24, 2.45) is 0 Å². The maximum atomic E-state index is 9.59. The van der Waals surface area contributed by atoms with E-state index in [0.29, 0.717) is 23.8 Å². The molecule has 2 saturated heterocycles. The van der Waals surface area contributed by atoms with Gasteiger partial charge in [0.15, 0.2) is 0 Å². The molecule has 0 amide bonds. The van der Waals surface area contributed by atoms with E-state index in [-0.39, 0.29) is 13.4 Å². The number of esters is 1. The number of nitrogens with one attached hydrogen (secondary N) is 1. The van der Waals surface area contributed by atoms with Gasteiger partial charge in [-0.3, -0.25) is 4.79 Å². The molecule has 1 aromatic heterocycles. The van der Waals surface area contributed by atoms with Crippen molar-refractivity contribution in [2.75, 3.05) is 7.11 Å². The van der Waals surface area contributed by atoms with Crippen molar-refractivity contribution in [2.45, 2.75) is 59.0 Å². The number of piperidine rings is 1. The maximum Gasteiger partial charge on any atom is 0.302 e. The molecular weight excluding hydrogens is 430 g/mol. The smallest absolute Gasteiger partial charge is 0.302 e. The minimum atomic E-state index is -0.245. The van der Waals surface area contributed by atoms with Crippen LogP contribution in [0.25, 0.3) is 17.0 Å². The molecule has 3 aromatic rings. The molecule has 6 rings (SSSR count). The topological polar surface area (TPSA) is 86.5 Å². The van der Waals surface area contributed by atoms with Crippen LogP contribution in [-0.4, -0.2) is 35.3 Å². The van der Waals surface area contributed by atoms with Crippen LogP contribution in [0.15, 0.2) is 52.6 Å². The maximum absolute atomic E-state index is 9.59. The third kappa shape index (κ3) is 4.61. The van der Waals surface area contributed by atoms with Gasteiger partial charge in [0, 0.05) is 42.6 Å². The number of hydrogen-bond acceptors (Lipinski definition) is 7. The Hall–Kier alpha value is -3.45. The number of benzene rings is 2. The van der Waals surface area contributed by atoms with Crippen LogP contribution < -0.4 is 10.1 Å². The minimum Gasteiger partial charge on any atom is -0.469 e. The number of ether oxygens (including phenoxy) is 2. The molecule has 2 aromatic carbocycles. The molecule has 1 N–H and O–H groups in total. The fraction of sp³-hybridized carbons (Fsp3) is 0.370. The highest BCUT2D eigenvalue weighted by Gasteiger charge is 2.34. The average Bonchev–Trinajstić information content (AvgIpc) is 3.41. The molecule has 2 bridgehead atoms. The van der Waals surface area contributed by atoms with E-state index in [2.05, 4.69) is 50.5 Å². The second-order valence-corrected chi connectivity index (χ2v) is 8.67. The Morgan fingerprint density at radius 1 is 1.06 bits per heavy atom. The third-order valence-electron chi connectivity index (χ3n) is 6.37. The summed E-state index contributed by atoms with van der Waals surface area (Å²) >= 11 is 0. The Kier molecular flexibility index (Phi) is 6.84. The summed E-state index contributed by atoms with van der Waals surface area (Å²) in [5.41, 5.74) is 6.18. The second-order valence-electron chi connectivity index (χ2n) is 8.67. The molecule has 178 valence electrons. The lowest BCUT2D eigenvalue weighted by molar-refractivity contribution is -0.137. The predicted octanol–water partition coefficient (Wildman–Crippen LogP) is 5.68. The van der Waals surface area contributed by atoms with Gasteiger partial charge in [0.25, 0.3) is 0 Å². The summed E-state index contributed by atoms with van der Waals surface area (Å²) in [5, 5.41) is 7.80. The third-order valence-corrected chi connectivity index (χ3v) is 6.37. The van der Waals surface area contributed by atoms with Gasteiger partial charge in [-0.15, -0.1) is 0 Å². The number of fused-ring (bicyclic) bond motifs is 4. The van der Waals surface area contributed by atoms with Crippen LogP contribution in [0.2, 0.25) is 0 Å². The summed E-state index contributed by atoms with van der Waals surface area (Å²) in [6.07, 6.45) is 4.79. The largest absolute Gasteiger partial charge is 0.469 e. The molecule has 3 aliphatic rings. The van der Waals surface area contributed by atoms with Gasteiger partial charge >= 0.3 is 5.97 Å². The Morgan fingerprint density at radius 2 is 1.74 bits per heavy atom. The summed E-state index contributed by atoms with van der Waals surface area (Å²) in [4.78, 5) is 13.9. The zero-order valence-electron chi connectivity index (χ0n) is 19.1. The van der Waals surface area contributed by atoms with Gasteiger partial charge in [-0.2, -0.15) is 4.98 Å². The molecular formula is C27H31N3O4. The van der Waals surface area contributed by atoms with Crippen LogP contribution in [0.1, 0.15) is 57.1 Å². The molecule has 4 heterocycles. The van der Waals surface area contributed by atoms with Crippen molar-refractivity contribution in [3.05, 3.63) is 65.1 Å². The molecule has 0 saturated carbocycles. The van der Waals surface area contributed by atoms with Gasteiger partial charge < -0.3 is 19.3 Å². The van der Waals surface area contributed by atoms with Gasteiger partial charge in [-0.05, 0) is 49.5 Å². The molecule has 0 radical (unpaired) electrons. The summed E-state index contributed by atoms with van der Waals surface area (Å²) in [5.74, 6) is 2.70. The van der Waals surface area contributed by atoms with Crippen LogP contribution in [0.5, 0.6) is 11.5 Å². The van der Waals surface area contributed by atoms with E-state index in [1.807, 2.05) is 12.1 Å². The number of aromatic nitrogens is 2. The quantitative estimate of drug-likeness (QED) is 0.365. The van der Waals surface area contributed by atoms with Crippen LogP contribution in [0, 0.1) is 6.92 Å². The zero-order valence-corrected chi connectivity index (χ0v) is 19.1. The van der Waals surface area contributed by atoms with Crippen molar-refractivity contribution in [3.8, 4) is 22.9 Å². The molecule has 3 aliphatic heterocycles. The summed E-state index contributed by atoms with van der Waals surface area (Å²) in [6.45, 7) is 3.16. The number of nitrogens with zero attached hydrogens (tertiary/aromatic N) is 2. The van der Waals surface area contributed by atoms with Gasteiger partial charge in [0.05, 0.1) is 7.11 Å². The highest BCUT2D eigenvalue weighted by Crippen LogP contribution is 2.48. The van der Waals surface area contributed by atoms with Crippen molar-refractivity contribution >= 4 is 11.5 Å². The van der Waals surface area contributed by atoms with Gasteiger partial charge in [0.2, 0.25) is 11.7 Å². The number of hydrogen-bond donors (Lipinski definition) is 1. The van der Waals surface area contributed by atoms with E-state index in [4.69, 9.17) is 9.26 Å². The Morgan fingerprint density at radius 3 is 2.38 bits per heavy atom. The summed E-state index contributed by atoms with van der Waals surface area (Å²) in [6, 6.07) is 15.8. The fourth-order valence-electron chi connectivity index (χ4n) is 4.88. The van der Waals surface area contributed by atoms with Crippen molar-refractivity contribution in [1.29, 1.82) is 0 Å². The number of carbonyl (C=O) groups excluding carboxylic acids is 1. The number of para-hydroxylation sites is 1. The fourth-order valence-corrected chi connectivity index (χ4v) is 4.88. The monoisotopic (exact) mass is 461 g/mol.